The molecule has 92 valence electrons. The van der Waals surface area contributed by atoms with Gasteiger partial charge in [0.05, 0.1) is 0 Å². The third-order valence-electron chi connectivity index (χ3n) is 1.99. The van der Waals surface area contributed by atoms with E-state index in [1.807, 2.05) is 6.92 Å². The van der Waals surface area contributed by atoms with E-state index in [4.69, 9.17) is 16.0 Å². The highest BCUT2D eigenvalue weighted by atomic mass is 35.5. The zero-order chi connectivity index (χ0) is 12.1. The molecule has 16 heavy (non-hydrogen) atoms. The molecule has 0 fully saturated rings. The summed E-state index contributed by atoms with van der Waals surface area (Å²) in [6.07, 6.45) is 2.48. The zero-order valence-corrected chi connectivity index (χ0v) is 11.1. The first-order chi connectivity index (χ1) is 7.49. The van der Waals surface area contributed by atoms with E-state index < -0.39 is 10.8 Å². The Hall–Kier alpha value is -0.620. The molecule has 1 rings (SSSR count). The number of halogens is 1. The van der Waals surface area contributed by atoms with Crippen LogP contribution in [0.25, 0.3) is 0 Å². The van der Waals surface area contributed by atoms with Crippen LogP contribution in [0.15, 0.2) is 4.42 Å². The third kappa shape index (κ3) is 4.49. The smallest absolute Gasteiger partial charge is 0.315 e. The summed E-state index contributed by atoms with van der Waals surface area (Å²) in [5.74, 6) is 1.05. The van der Waals surface area contributed by atoms with Crippen LogP contribution in [0.5, 0.6) is 0 Å². The van der Waals surface area contributed by atoms with E-state index in [1.165, 1.54) is 0 Å². The summed E-state index contributed by atoms with van der Waals surface area (Å²) in [7, 11) is -0.774. The van der Waals surface area contributed by atoms with E-state index in [-0.39, 0.29) is 11.4 Å². The molecule has 0 aromatic carbocycles. The molecule has 0 bridgehead atoms. The largest absolute Gasteiger partial charge is 0.406 e. The first-order valence-electron chi connectivity index (χ1n) is 5.03. The fourth-order valence-electron chi connectivity index (χ4n) is 1.08. The number of hydrogen-bond acceptors (Lipinski definition) is 5. The molecule has 1 heterocycles. The fourth-order valence-corrected chi connectivity index (χ4v) is 1.85. The van der Waals surface area contributed by atoms with Crippen LogP contribution in [0.2, 0.25) is 0 Å². The molecule has 0 aliphatic carbocycles. The van der Waals surface area contributed by atoms with Gasteiger partial charge in [-0.25, -0.2) is 0 Å². The molecule has 5 nitrogen and oxygen atoms in total. The average molecular weight is 266 g/mol. The highest BCUT2D eigenvalue weighted by Crippen LogP contribution is 2.19. The van der Waals surface area contributed by atoms with Crippen LogP contribution < -0.4 is 5.32 Å². The number of rotatable bonds is 6. The quantitative estimate of drug-likeness (QED) is 0.796. The minimum absolute atomic E-state index is 0.142. The maximum absolute atomic E-state index is 10.9. The van der Waals surface area contributed by atoms with E-state index in [0.717, 1.165) is 6.42 Å². The lowest BCUT2D eigenvalue weighted by Gasteiger charge is -2.09. The highest BCUT2D eigenvalue weighted by Gasteiger charge is 2.12. The lowest BCUT2D eigenvalue weighted by atomic mass is 10.3. The fraction of sp³-hybridized carbons (Fsp3) is 0.778. The van der Waals surface area contributed by atoms with Crippen molar-refractivity contribution in [2.24, 2.45) is 0 Å². The van der Waals surface area contributed by atoms with Gasteiger partial charge >= 0.3 is 6.01 Å². The number of alkyl halides is 1. The molecule has 1 aromatic rings. The SMILES string of the molecule is CC(CCS(C)=O)Nc1nnc(C(C)Cl)o1. The van der Waals surface area contributed by atoms with Crippen LogP contribution in [0, 0.1) is 0 Å². The predicted octanol–water partition coefficient (Wildman–Crippen LogP) is 1.94. The van der Waals surface area contributed by atoms with Crippen LogP contribution >= 0.6 is 11.6 Å². The predicted molar refractivity (Wildman–Crippen MR) is 65.2 cm³/mol. The van der Waals surface area contributed by atoms with Gasteiger partial charge in [0.15, 0.2) is 0 Å². The van der Waals surface area contributed by atoms with Crippen molar-refractivity contribution in [3.05, 3.63) is 5.89 Å². The van der Waals surface area contributed by atoms with Crippen molar-refractivity contribution in [1.29, 1.82) is 0 Å². The van der Waals surface area contributed by atoms with Crippen molar-refractivity contribution in [1.82, 2.24) is 10.2 Å². The van der Waals surface area contributed by atoms with Crippen molar-refractivity contribution in [2.75, 3.05) is 17.3 Å². The van der Waals surface area contributed by atoms with E-state index >= 15 is 0 Å². The Bertz CT molecular complexity index is 356. The molecule has 0 saturated heterocycles. The van der Waals surface area contributed by atoms with E-state index in [9.17, 15) is 4.21 Å². The lowest BCUT2D eigenvalue weighted by molar-refractivity contribution is 0.500. The second kappa shape index (κ2) is 6.20. The van der Waals surface area contributed by atoms with Crippen molar-refractivity contribution in [3.63, 3.8) is 0 Å². The van der Waals surface area contributed by atoms with Crippen molar-refractivity contribution < 1.29 is 8.63 Å². The minimum atomic E-state index is -0.774. The molecular weight excluding hydrogens is 250 g/mol. The van der Waals surface area contributed by atoms with Gasteiger partial charge in [-0.15, -0.1) is 16.7 Å². The molecule has 0 spiro atoms. The first kappa shape index (κ1) is 13.4. The summed E-state index contributed by atoms with van der Waals surface area (Å²) >= 11 is 5.79. The van der Waals surface area contributed by atoms with Crippen molar-refractivity contribution in [2.45, 2.75) is 31.7 Å². The standard InChI is InChI=1S/C9H16ClN3O2S/c1-6(4-5-16(3)14)11-9-13-12-8(15-9)7(2)10/h6-7H,4-5H2,1-3H3,(H,11,13). The molecule has 1 aromatic heterocycles. The maximum Gasteiger partial charge on any atom is 0.315 e. The van der Waals surface area contributed by atoms with E-state index in [1.54, 1.807) is 13.2 Å². The number of aromatic nitrogens is 2. The molecule has 0 aliphatic rings. The number of anilines is 1. The summed E-state index contributed by atoms with van der Waals surface area (Å²) in [6, 6.07) is 0.500. The Morgan fingerprint density at radius 2 is 2.19 bits per heavy atom. The first-order valence-corrected chi connectivity index (χ1v) is 7.19. The molecular formula is C9H16ClN3O2S. The Morgan fingerprint density at radius 1 is 1.50 bits per heavy atom. The lowest BCUT2D eigenvalue weighted by Crippen LogP contribution is -2.18. The molecule has 0 amide bonds. The average Bonchev–Trinajstić information content (AvgIpc) is 2.63. The summed E-state index contributed by atoms with van der Waals surface area (Å²) in [5.41, 5.74) is 0. The summed E-state index contributed by atoms with van der Waals surface area (Å²) in [4.78, 5) is 0. The number of nitrogens with one attached hydrogen (secondary N) is 1. The van der Waals surface area contributed by atoms with Gasteiger partial charge in [0.25, 0.3) is 0 Å². The summed E-state index contributed by atoms with van der Waals surface area (Å²) in [6.45, 7) is 3.74. The third-order valence-corrected chi connectivity index (χ3v) is 2.99. The van der Waals surface area contributed by atoms with Gasteiger partial charge in [0.1, 0.15) is 5.38 Å². The molecule has 7 heteroatoms. The monoisotopic (exact) mass is 265 g/mol. The van der Waals surface area contributed by atoms with Gasteiger partial charge in [0, 0.05) is 28.9 Å². The Morgan fingerprint density at radius 3 is 2.69 bits per heavy atom. The van der Waals surface area contributed by atoms with Gasteiger partial charge in [0.2, 0.25) is 5.89 Å². The molecule has 0 saturated carbocycles. The molecule has 1 N–H and O–H groups in total. The van der Waals surface area contributed by atoms with Gasteiger partial charge in [-0.2, -0.15) is 0 Å². The number of hydrogen-bond donors (Lipinski definition) is 1. The van der Waals surface area contributed by atoms with Gasteiger partial charge < -0.3 is 9.73 Å². The van der Waals surface area contributed by atoms with Crippen molar-refractivity contribution in [3.8, 4) is 0 Å². The van der Waals surface area contributed by atoms with Gasteiger partial charge in [-0.1, -0.05) is 5.10 Å². The van der Waals surface area contributed by atoms with Gasteiger partial charge in [-0.05, 0) is 20.3 Å². The summed E-state index contributed by atoms with van der Waals surface area (Å²) < 4.78 is 16.2. The van der Waals surface area contributed by atoms with E-state index in [2.05, 4.69) is 15.5 Å². The molecule has 3 atom stereocenters. The van der Waals surface area contributed by atoms with Crippen LogP contribution in [-0.4, -0.2) is 32.5 Å². The second-order valence-electron chi connectivity index (χ2n) is 3.67. The normalized spacial score (nSPS) is 16.8. The number of nitrogens with zero attached hydrogens (tertiary/aromatic N) is 2. The second-order valence-corrected chi connectivity index (χ2v) is 5.88. The highest BCUT2D eigenvalue weighted by molar-refractivity contribution is 7.84. The topological polar surface area (TPSA) is 68.0 Å². The van der Waals surface area contributed by atoms with Crippen molar-refractivity contribution >= 4 is 28.4 Å². The minimum Gasteiger partial charge on any atom is -0.406 e. The van der Waals surface area contributed by atoms with E-state index in [0.29, 0.717) is 17.7 Å². The molecule has 0 aliphatic heterocycles. The Labute approximate surface area is 102 Å². The van der Waals surface area contributed by atoms with Crippen LogP contribution in [0.1, 0.15) is 31.5 Å². The van der Waals surface area contributed by atoms with Crippen LogP contribution in [0.3, 0.4) is 0 Å². The van der Waals surface area contributed by atoms with Gasteiger partial charge in [-0.3, -0.25) is 4.21 Å². The molecule has 3 unspecified atom stereocenters. The Kier molecular flexibility index (Phi) is 5.21. The zero-order valence-electron chi connectivity index (χ0n) is 9.57. The van der Waals surface area contributed by atoms with Crippen LogP contribution in [0.4, 0.5) is 6.01 Å². The summed E-state index contributed by atoms with van der Waals surface area (Å²) in [5, 5.41) is 10.4. The molecule has 0 radical (unpaired) electrons. The van der Waals surface area contributed by atoms with Crippen LogP contribution in [-0.2, 0) is 10.8 Å². The Balaban J connectivity index is 2.43. The maximum atomic E-state index is 10.9.